The van der Waals surface area contributed by atoms with Crippen LogP contribution in [0.1, 0.15) is 73.1 Å². The highest BCUT2D eigenvalue weighted by atomic mass is 16.2. The van der Waals surface area contributed by atoms with Gasteiger partial charge in [0.25, 0.3) is 0 Å². The number of carbonyl (C=O) groups is 1. The number of carbonyl (C=O) groups excluding carboxylic acids is 1. The van der Waals surface area contributed by atoms with Crippen LogP contribution in [0.5, 0.6) is 0 Å². The lowest BCUT2D eigenvalue weighted by Gasteiger charge is -2.34. The van der Waals surface area contributed by atoms with Crippen LogP contribution < -0.4 is 10.2 Å². The summed E-state index contributed by atoms with van der Waals surface area (Å²) in [5, 5.41) is 6.30. The van der Waals surface area contributed by atoms with Crippen molar-refractivity contribution >= 4 is 22.4 Å². The molecule has 3 nitrogen and oxygen atoms in total. The molecule has 1 amide bonds. The molecule has 3 heteroatoms. The van der Waals surface area contributed by atoms with Crippen LogP contribution in [0.25, 0.3) is 10.8 Å². The quantitative estimate of drug-likeness (QED) is 0.525. The van der Waals surface area contributed by atoms with Crippen LogP contribution in [-0.4, -0.2) is 25.5 Å². The summed E-state index contributed by atoms with van der Waals surface area (Å²) in [5.41, 5.74) is 6.49. The highest BCUT2D eigenvalue weighted by molar-refractivity contribution is 6.08. The summed E-state index contributed by atoms with van der Waals surface area (Å²) in [7, 11) is 0. The average Bonchev–Trinajstić information content (AvgIpc) is 3.37. The third-order valence-corrected chi connectivity index (χ3v) is 9.33. The van der Waals surface area contributed by atoms with Crippen molar-refractivity contribution in [1.29, 1.82) is 0 Å². The maximum absolute atomic E-state index is 14.1. The zero-order chi connectivity index (χ0) is 22.7. The van der Waals surface area contributed by atoms with Crippen LogP contribution in [0.4, 0.5) is 5.69 Å². The van der Waals surface area contributed by atoms with Crippen LogP contribution in [-0.2, 0) is 16.6 Å². The minimum atomic E-state index is -0.331. The molecule has 0 aromatic heterocycles. The number of nitrogens with zero attached hydrogens (tertiary/aromatic N) is 1. The van der Waals surface area contributed by atoms with Crippen LogP contribution in [0.3, 0.4) is 0 Å². The van der Waals surface area contributed by atoms with E-state index in [0.717, 1.165) is 38.9 Å². The Kier molecular flexibility index (Phi) is 4.84. The Hall–Kier alpha value is -2.65. The van der Waals surface area contributed by atoms with Gasteiger partial charge in [-0.25, -0.2) is 0 Å². The van der Waals surface area contributed by atoms with Crippen molar-refractivity contribution in [3.05, 3.63) is 76.9 Å². The second-order valence-electron chi connectivity index (χ2n) is 11.1. The van der Waals surface area contributed by atoms with Gasteiger partial charge in [0.15, 0.2) is 0 Å². The molecule has 1 saturated heterocycles. The summed E-state index contributed by atoms with van der Waals surface area (Å²) >= 11 is 0. The molecule has 2 aliphatic heterocycles. The number of piperidine rings is 1. The molecule has 2 fully saturated rings. The molecule has 174 valence electrons. The smallest absolute Gasteiger partial charge is 0.237 e. The summed E-state index contributed by atoms with van der Waals surface area (Å²) < 4.78 is 0. The lowest BCUT2D eigenvalue weighted by Crippen LogP contribution is -2.48. The van der Waals surface area contributed by atoms with Gasteiger partial charge in [0.2, 0.25) is 5.91 Å². The molecule has 2 aliphatic carbocycles. The first-order valence-electron chi connectivity index (χ1n) is 13.4. The molecular formula is C31H34N2O. The van der Waals surface area contributed by atoms with Crippen LogP contribution in [0, 0.1) is 5.92 Å². The van der Waals surface area contributed by atoms with E-state index >= 15 is 0 Å². The van der Waals surface area contributed by atoms with Crippen molar-refractivity contribution in [2.24, 2.45) is 5.92 Å². The largest absolute Gasteiger partial charge is 0.317 e. The Labute approximate surface area is 202 Å². The number of rotatable bonds is 3. The molecule has 3 aromatic rings. The van der Waals surface area contributed by atoms with E-state index in [9.17, 15) is 4.79 Å². The van der Waals surface area contributed by atoms with E-state index in [1.807, 2.05) is 0 Å². The molecule has 1 atom stereocenters. The average molecular weight is 451 g/mol. The van der Waals surface area contributed by atoms with E-state index in [2.05, 4.69) is 64.8 Å². The van der Waals surface area contributed by atoms with Crippen molar-refractivity contribution in [2.75, 3.05) is 24.5 Å². The molecule has 4 aliphatic rings. The van der Waals surface area contributed by atoms with E-state index in [0.29, 0.717) is 17.7 Å². The molecule has 0 radical (unpaired) electrons. The zero-order valence-electron chi connectivity index (χ0n) is 20.0. The molecule has 1 spiro atoms. The fourth-order valence-electron chi connectivity index (χ4n) is 7.56. The molecule has 2 heterocycles. The van der Waals surface area contributed by atoms with Crippen molar-refractivity contribution in [1.82, 2.24) is 5.32 Å². The number of benzene rings is 3. The predicted octanol–water partition coefficient (Wildman–Crippen LogP) is 6.08. The van der Waals surface area contributed by atoms with Gasteiger partial charge in [-0.15, -0.1) is 0 Å². The summed E-state index contributed by atoms with van der Waals surface area (Å²) in [4.78, 5) is 16.3. The molecule has 1 N–H and O–H groups in total. The Morgan fingerprint density at radius 1 is 0.941 bits per heavy atom. The number of fused-ring (bicyclic) bond motifs is 2. The minimum absolute atomic E-state index is 0.331. The maximum Gasteiger partial charge on any atom is 0.237 e. The van der Waals surface area contributed by atoms with Crippen molar-refractivity contribution < 1.29 is 4.79 Å². The van der Waals surface area contributed by atoms with Crippen molar-refractivity contribution in [3.63, 3.8) is 0 Å². The monoisotopic (exact) mass is 450 g/mol. The van der Waals surface area contributed by atoms with Gasteiger partial charge in [0, 0.05) is 18.2 Å². The van der Waals surface area contributed by atoms with Gasteiger partial charge in [-0.3, -0.25) is 4.79 Å². The Morgan fingerprint density at radius 2 is 1.74 bits per heavy atom. The first-order valence-corrected chi connectivity index (χ1v) is 13.4. The Morgan fingerprint density at radius 3 is 2.56 bits per heavy atom. The number of amides is 1. The third-order valence-electron chi connectivity index (χ3n) is 9.33. The van der Waals surface area contributed by atoms with Gasteiger partial charge in [-0.2, -0.15) is 0 Å². The standard InChI is InChI=1S/C31H34N2O/c34-30-31(14-16-32-17-15-31)27-19-23(12-13-28(27)33(30)20-21-6-2-1-3-7-21)26-18-24-10-4-8-22-9-5-11-25(26)29(22)24/h4-5,8-13,19,21,26,32H,1-3,6-7,14-18,20H2. The lowest BCUT2D eigenvalue weighted by atomic mass is 9.73. The van der Waals surface area contributed by atoms with Gasteiger partial charge in [0.1, 0.15) is 0 Å². The van der Waals surface area contributed by atoms with Gasteiger partial charge >= 0.3 is 0 Å². The van der Waals surface area contributed by atoms with E-state index in [-0.39, 0.29) is 5.41 Å². The van der Waals surface area contributed by atoms with Crippen molar-refractivity contribution in [2.45, 2.75) is 62.7 Å². The van der Waals surface area contributed by atoms with Gasteiger partial charge < -0.3 is 10.2 Å². The first kappa shape index (κ1) is 20.7. The number of nitrogens with one attached hydrogen (secondary N) is 1. The number of anilines is 1. The Balaban J connectivity index is 1.30. The van der Waals surface area contributed by atoms with Gasteiger partial charge in [-0.1, -0.05) is 67.8 Å². The fourth-order valence-corrected chi connectivity index (χ4v) is 7.56. The summed E-state index contributed by atoms with van der Waals surface area (Å²) in [6, 6.07) is 20.5. The minimum Gasteiger partial charge on any atom is -0.317 e. The number of hydrogen-bond acceptors (Lipinski definition) is 2. The van der Waals surface area contributed by atoms with Gasteiger partial charge in [-0.05, 0) is 90.2 Å². The van der Waals surface area contributed by atoms with E-state index in [1.54, 1.807) is 0 Å². The molecule has 3 aromatic carbocycles. The molecule has 1 saturated carbocycles. The third kappa shape index (κ3) is 3.02. The van der Waals surface area contributed by atoms with Gasteiger partial charge in [0.05, 0.1) is 5.41 Å². The van der Waals surface area contributed by atoms with E-state index in [4.69, 9.17) is 0 Å². The van der Waals surface area contributed by atoms with Crippen LogP contribution >= 0.6 is 0 Å². The maximum atomic E-state index is 14.1. The molecule has 34 heavy (non-hydrogen) atoms. The normalized spacial score (nSPS) is 23.7. The molecule has 1 unspecified atom stereocenters. The van der Waals surface area contributed by atoms with Crippen LogP contribution in [0.2, 0.25) is 0 Å². The first-order chi connectivity index (χ1) is 16.7. The highest BCUT2D eigenvalue weighted by Gasteiger charge is 2.51. The van der Waals surface area contributed by atoms with Crippen LogP contribution in [0.15, 0.2) is 54.6 Å². The summed E-state index contributed by atoms with van der Waals surface area (Å²) in [6.45, 7) is 2.77. The number of hydrogen-bond donors (Lipinski definition) is 1. The SMILES string of the molecule is O=C1N(CC2CCCCC2)c2ccc(C3Cc4cccc5cccc3c45)cc2C12CCNCC2. The summed E-state index contributed by atoms with van der Waals surface area (Å²) in [5.74, 6) is 1.42. The predicted molar refractivity (Wildman–Crippen MR) is 139 cm³/mol. The second-order valence-corrected chi connectivity index (χ2v) is 11.1. The highest BCUT2D eigenvalue weighted by Crippen LogP contribution is 2.50. The Bertz CT molecular complexity index is 1260. The van der Waals surface area contributed by atoms with E-state index < -0.39 is 0 Å². The summed E-state index contributed by atoms with van der Waals surface area (Å²) in [6.07, 6.45) is 9.45. The topological polar surface area (TPSA) is 32.3 Å². The lowest BCUT2D eigenvalue weighted by molar-refractivity contribution is -0.124. The second kappa shape index (κ2) is 7.95. The van der Waals surface area contributed by atoms with Crippen molar-refractivity contribution in [3.8, 4) is 0 Å². The molecule has 0 bridgehead atoms. The zero-order valence-corrected chi connectivity index (χ0v) is 20.0. The fraction of sp³-hybridized carbons (Fsp3) is 0.452. The molecular weight excluding hydrogens is 416 g/mol. The molecule has 7 rings (SSSR count). The van der Waals surface area contributed by atoms with E-state index in [1.165, 1.54) is 70.8 Å².